The lowest BCUT2D eigenvalue weighted by molar-refractivity contribution is -0.124. The number of imide groups is 1. The van der Waals surface area contributed by atoms with E-state index in [1.54, 1.807) is 7.05 Å². The minimum Gasteiger partial charge on any atom is -0.427 e. The molecule has 0 aliphatic carbocycles. The summed E-state index contributed by atoms with van der Waals surface area (Å²) in [6.07, 6.45) is -0.379. The van der Waals surface area contributed by atoms with Crippen LogP contribution in [0.1, 0.15) is 11.9 Å². The monoisotopic (exact) mass is 215 g/mol. The molecule has 74 valence electrons. The minimum atomic E-state index is -1.00. The van der Waals surface area contributed by atoms with E-state index in [1.165, 1.54) is 10.8 Å². The van der Waals surface area contributed by atoms with Gasteiger partial charge < -0.3 is 9.30 Å². The zero-order chi connectivity index (χ0) is 10.3. The molecule has 0 bridgehead atoms. The Kier molecular flexibility index (Phi) is 1.92. The molecule has 1 N–H and O–H groups in total. The lowest BCUT2D eigenvalue weighted by Crippen LogP contribution is -2.21. The Labute approximate surface area is 83.8 Å². The van der Waals surface area contributed by atoms with Crippen molar-refractivity contribution in [3.05, 3.63) is 17.2 Å². The summed E-state index contributed by atoms with van der Waals surface area (Å²) < 4.78 is 6.19. The predicted molar refractivity (Wildman–Crippen MR) is 45.6 cm³/mol. The molecule has 0 radical (unpaired) electrons. The van der Waals surface area contributed by atoms with E-state index in [9.17, 15) is 9.59 Å². The van der Waals surface area contributed by atoms with Crippen molar-refractivity contribution in [1.82, 2.24) is 14.9 Å². The molecule has 0 saturated carbocycles. The van der Waals surface area contributed by atoms with Crippen molar-refractivity contribution >= 4 is 23.6 Å². The highest BCUT2D eigenvalue weighted by Crippen LogP contribution is 2.22. The highest BCUT2D eigenvalue weighted by atomic mass is 35.5. The van der Waals surface area contributed by atoms with Gasteiger partial charge in [-0.1, -0.05) is 11.6 Å². The smallest absolute Gasteiger partial charge is 0.415 e. The number of carbonyl (C=O) groups excluding carboxylic acids is 2. The van der Waals surface area contributed by atoms with Gasteiger partial charge in [0.2, 0.25) is 6.10 Å². The number of hydrogen-bond donors (Lipinski definition) is 1. The predicted octanol–water partition coefficient (Wildman–Crippen LogP) is 0.381. The van der Waals surface area contributed by atoms with Gasteiger partial charge in [-0.15, -0.1) is 0 Å². The van der Waals surface area contributed by atoms with E-state index in [-0.39, 0.29) is 0 Å². The number of cyclic esters (lactones) is 1. The molecule has 2 rings (SSSR count). The third-order valence-electron chi connectivity index (χ3n) is 1.89. The molecule has 2 amide bonds. The number of hydrogen-bond acceptors (Lipinski definition) is 4. The largest absolute Gasteiger partial charge is 0.427 e. The molecule has 6 nitrogen and oxygen atoms in total. The summed E-state index contributed by atoms with van der Waals surface area (Å²) in [5, 5.41) is 2.38. The van der Waals surface area contributed by atoms with E-state index < -0.39 is 18.1 Å². The van der Waals surface area contributed by atoms with Crippen molar-refractivity contribution in [2.45, 2.75) is 6.10 Å². The van der Waals surface area contributed by atoms with Gasteiger partial charge >= 0.3 is 6.09 Å². The number of halogens is 1. The first kappa shape index (κ1) is 9.01. The minimum absolute atomic E-state index is 0.304. The summed E-state index contributed by atoms with van der Waals surface area (Å²) in [5.41, 5.74) is 0. The molecule has 0 aromatic carbocycles. The number of carbonyl (C=O) groups is 2. The molecule has 7 heteroatoms. The number of alkyl carbamates (subject to hydrolysis) is 1. The molecular weight excluding hydrogens is 210 g/mol. The maximum Gasteiger partial charge on any atom is 0.415 e. The molecule has 1 saturated heterocycles. The van der Waals surface area contributed by atoms with E-state index in [0.29, 0.717) is 11.0 Å². The average Bonchev–Trinajstić information content (AvgIpc) is 2.59. The molecule has 1 aliphatic heterocycles. The highest BCUT2D eigenvalue weighted by Gasteiger charge is 2.36. The topological polar surface area (TPSA) is 73.2 Å². The molecule has 2 heterocycles. The third kappa shape index (κ3) is 1.24. The first-order valence-electron chi connectivity index (χ1n) is 3.78. The zero-order valence-electron chi connectivity index (χ0n) is 7.15. The number of amides is 2. The van der Waals surface area contributed by atoms with E-state index >= 15 is 0 Å². The molecule has 1 aromatic rings. The average molecular weight is 216 g/mol. The quantitative estimate of drug-likeness (QED) is 0.735. The van der Waals surface area contributed by atoms with Crippen molar-refractivity contribution in [3.63, 3.8) is 0 Å². The van der Waals surface area contributed by atoms with Crippen LogP contribution >= 0.6 is 11.6 Å². The first-order chi connectivity index (χ1) is 6.59. The fraction of sp³-hybridized carbons (Fsp3) is 0.286. The van der Waals surface area contributed by atoms with Crippen LogP contribution in [0, 0.1) is 0 Å². The van der Waals surface area contributed by atoms with Gasteiger partial charge in [0, 0.05) is 7.05 Å². The zero-order valence-corrected chi connectivity index (χ0v) is 7.91. The fourth-order valence-electron chi connectivity index (χ4n) is 1.17. The van der Waals surface area contributed by atoms with Gasteiger partial charge in [0.25, 0.3) is 5.91 Å². The number of aromatic nitrogens is 2. The fourth-order valence-corrected chi connectivity index (χ4v) is 1.31. The van der Waals surface area contributed by atoms with Crippen molar-refractivity contribution in [2.75, 3.05) is 0 Å². The standard InChI is InChI=1S/C7H6ClN3O3/c1-11-3(8)2-9-5(11)4-6(12)10-7(13)14-4/h2,4H,1H3,(H,10,12,13). The van der Waals surface area contributed by atoms with Gasteiger partial charge in [-0.05, 0) is 0 Å². The molecule has 1 fully saturated rings. The van der Waals surface area contributed by atoms with Crippen LogP contribution in [-0.4, -0.2) is 21.6 Å². The van der Waals surface area contributed by atoms with Crippen LogP contribution in [-0.2, 0) is 16.6 Å². The van der Waals surface area contributed by atoms with Crippen LogP contribution in [0.5, 0.6) is 0 Å². The van der Waals surface area contributed by atoms with Crippen LogP contribution in [0.15, 0.2) is 6.20 Å². The van der Waals surface area contributed by atoms with Crippen LogP contribution < -0.4 is 5.32 Å². The Hall–Kier alpha value is -1.56. The second kappa shape index (κ2) is 2.98. The van der Waals surface area contributed by atoms with Crippen LogP contribution in [0.4, 0.5) is 4.79 Å². The Balaban J connectivity index is 2.36. The Morgan fingerprint density at radius 2 is 2.36 bits per heavy atom. The van der Waals surface area contributed by atoms with Gasteiger partial charge in [-0.2, -0.15) is 0 Å². The van der Waals surface area contributed by atoms with Gasteiger partial charge in [0.15, 0.2) is 5.82 Å². The summed E-state index contributed by atoms with van der Waals surface area (Å²) in [6.45, 7) is 0. The lowest BCUT2D eigenvalue weighted by Gasteiger charge is -2.05. The maximum absolute atomic E-state index is 11.2. The SMILES string of the molecule is Cn1c(Cl)cnc1C1OC(=O)NC1=O. The van der Waals surface area contributed by atoms with Crippen LogP contribution in [0.3, 0.4) is 0 Å². The summed E-state index contributed by atoms with van der Waals surface area (Å²) in [7, 11) is 1.63. The number of rotatable bonds is 1. The highest BCUT2D eigenvalue weighted by molar-refractivity contribution is 6.29. The number of ether oxygens (including phenoxy) is 1. The van der Waals surface area contributed by atoms with Crippen molar-refractivity contribution in [2.24, 2.45) is 7.05 Å². The molecule has 1 unspecified atom stereocenters. The molecule has 0 spiro atoms. The Bertz CT molecular complexity index is 414. The maximum atomic E-state index is 11.2. The second-order valence-corrected chi connectivity index (χ2v) is 3.16. The van der Waals surface area contributed by atoms with Crippen LogP contribution in [0.2, 0.25) is 5.15 Å². The number of nitrogens with zero attached hydrogens (tertiary/aromatic N) is 2. The third-order valence-corrected chi connectivity index (χ3v) is 2.24. The van der Waals surface area contributed by atoms with Gasteiger partial charge in [-0.25, -0.2) is 9.78 Å². The molecular formula is C7H6ClN3O3. The van der Waals surface area contributed by atoms with Crippen molar-refractivity contribution in [1.29, 1.82) is 0 Å². The van der Waals surface area contributed by atoms with Gasteiger partial charge in [-0.3, -0.25) is 10.1 Å². The number of imidazole rings is 1. The molecule has 1 aromatic heterocycles. The van der Waals surface area contributed by atoms with E-state index in [4.69, 9.17) is 16.3 Å². The normalized spacial score (nSPS) is 20.9. The summed E-state index contributed by atoms with van der Waals surface area (Å²) in [4.78, 5) is 25.8. The molecule has 14 heavy (non-hydrogen) atoms. The van der Waals surface area contributed by atoms with Crippen LogP contribution in [0.25, 0.3) is 0 Å². The summed E-state index contributed by atoms with van der Waals surface area (Å²) in [6, 6.07) is 0. The van der Waals surface area contributed by atoms with Crippen molar-refractivity contribution in [3.8, 4) is 0 Å². The summed E-state index contributed by atoms with van der Waals surface area (Å²) >= 11 is 5.72. The van der Waals surface area contributed by atoms with Gasteiger partial charge in [0.05, 0.1) is 6.20 Å². The van der Waals surface area contributed by atoms with E-state index in [1.807, 2.05) is 5.32 Å². The number of nitrogens with one attached hydrogen (secondary N) is 1. The summed E-state index contributed by atoms with van der Waals surface area (Å²) in [5.74, 6) is -0.223. The van der Waals surface area contributed by atoms with E-state index in [0.717, 1.165) is 0 Å². The lowest BCUT2D eigenvalue weighted by atomic mass is 10.3. The van der Waals surface area contributed by atoms with Gasteiger partial charge in [0.1, 0.15) is 5.15 Å². The van der Waals surface area contributed by atoms with Crippen molar-refractivity contribution < 1.29 is 14.3 Å². The van der Waals surface area contributed by atoms with E-state index in [2.05, 4.69) is 4.98 Å². The Morgan fingerprint density at radius 1 is 1.64 bits per heavy atom. The second-order valence-electron chi connectivity index (χ2n) is 2.77. The first-order valence-corrected chi connectivity index (χ1v) is 4.16. The Morgan fingerprint density at radius 3 is 2.79 bits per heavy atom. The molecule has 1 atom stereocenters. The molecule has 1 aliphatic rings.